The first kappa shape index (κ1) is 16.5. The molecule has 0 aliphatic heterocycles. The van der Waals surface area contributed by atoms with Crippen LogP contribution in [0.1, 0.15) is 36.3 Å². The summed E-state index contributed by atoms with van der Waals surface area (Å²) in [7, 11) is 1.84. The second-order valence-electron chi connectivity index (χ2n) is 6.07. The Hall–Kier alpha value is -2.38. The Kier molecular flexibility index (Phi) is 4.82. The van der Waals surface area contributed by atoms with Crippen molar-refractivity contribution in [3.63, 3.8) is 0 Å². The number of imidazole rings is 1. The molecule has 2 aromatic rings. The number of carbonyl (C=O) groups is 1. The topological polar surface area (TPSA) is 72.7 Å². The lowest BCUT2D eigenvalue weighted by Gasteiger charge is -2.28. The van der Waals surface area contributed by atoms with Gasteiger partial charge in [0, 0.05) is 25.2 Å². The van der Waals surface area contributed by atoms with E-state index in [9.17, 15) is 13.6 Å². The second-order valence-corrected chi connectivity index (χ2v) is 6.07. The summed E-state index contributed by atoms with van der Waals surface area (Å²) < 4.78 is 27.1. The van der Waals surface area contributed by atoms with E-state index in [0.29, 0.717) is 31.4 Å². The summed E-state index contributed by atoms with van der Waals surface area (Å²) in [6.45, 7) is 0. The zero-order chi connectivity index (χ0) is 17.1. The van der Waals surface area contributed by atoms with Crippen LogP contribution in [0.15, 0.2) is 24.8 Å². The molecule has 2 aromatic heterocycles. The van der Waals surface area contributed by atoms with E-state index in [4.69, 9.17) is 0 Å². The van der Waals surface area contributed by atoms with Crippen LogP contribution in [-0.2, 0) is 7.05 Å². The molecule has 1 N–H and O–H groups in total. The van der Waals surface area contributed by atoms with Crippen LogP contribution in [0.3, 0.4) is 0 Å². The maximum Gasteiger partial charge on any atom is 0.289 e. The van der Waals surface area contributed by atoms with Crippen LogP contribution in [0.25, 0.3) is 11.4 Å². The van der Waals surface area contributed by atoms with E-state index in [-0.39, 0.29) is 17.8 Å². The molecule has 3 rings (SSSR count). The third-order valence-corrected chi connectivity index (χ3v) is 4.40. The number of hydrogen-bond donors (Lipinski definition) is 1. The predicted octanol–water partition coefficient (Wildman–Crippen LogP) is 2.43. The minimum absolute atomic E-state index is 0.0738. The highest BCUT2D eigenvalue weighted by molar-refractivity contribution is 5.91. The molecule has 0 unspecified atom stereocenters. The number of halogens is 2. The van der Waals surface area contributed by atoms with Gasteiger partial charge in [0.15, 0.2) is 0 Å². The number of alkyl halides is 2. The highest BCUT2D eigenvalue weighted by Gasteiger charge is 2.28. The maximum atomic E-state index is 12.7. The molecule has 0 atom stereocenters. The molecule has 8 heteroatoms. The Bertz CT molecular complexity index is 710. The normalized spacial score (nSPS) is 21.0. The zero-order valence-electron chi connectivity index (χ0n) is 13.3. The predicted molar refractivity (Wildman–Crippen MR) is 83.5 cm³/mol. The van der Waals surface area contributed by atoms with E-state index in [1.54, 1.807) is 23.2 Å². The molecule has 0 radical (unpaired) electrons. The van der Waals surface area contributed by atoms with Crippen molar-refractivity contribution in [2.45, 2.75) is 38.2 Å². The molecule has 24 heavy (non-hydrogen) atoms. The summed E-state index contributed by atoms with van der Waals surface area (Å²) in [5, 5.41) is 2.85. The van der Waals surface area contributed by atoms with Gasteiger partial charge in [-0.25, -0.2) is 23.7 Å². The second kappa shape index (κ2) is 7.02. The van der Waals surface area contributed by atoms with Crippen molar-refractivity contribution in [2.24, 2.45) is 13.0 Å². The van der Waals surface area contributed by atoms with Crippen molar-refractivity contribution in [1.29, 1.82) is 0 Å². The van der Waals surface area contributed by atoms with Crippen molar-refractivity contribution in [1.82, 2.24) is 24.8 Å². The molecule has 128 valence electrons. The Morgan fingerprint density at radius 3 is 2.71 bits per heavy atom. The molecule has 1 aliphatic carbocycles. The summed E-state index contributed by atoms with van der Waals surface area (Å²) in [6.07, 6.45) is 4.54. The largest absolute Gasteiger partial charge is 0.347 e. The third-order valence-electron chi connectivity index (χ3n) is 4.40. The van der Waals surface area contributed by atoms with E-state index >= 15 is 0 Å². The Balaban J connectivity index is 1.65. The summed E-state index contributed by atoms with van der Waals surface area (Å²) >= 11 is 0. The van der Waals surface area contributed by atoms with Crippen LogP contribution in [0.4, 0.5) is 8.78 Å². The van der Waals surface area contributed by atoms with Crippen molar-refractivity contribution in [3.05, 3.63) is 30.6 Å². The first-order chi connectivity index (χ1) is 11.5. The van der Waals surface area contributed by atoms with Crippen LogP contribution < -0.4 is 5.32 Å². The van der Waals surface area contributed by atoms with Gasteiger partial charge in [0.1, 0.15) is 0 Å². The molecule has 1 fully saturated rings. The van der Waals surface area contributed by atoms with Crippen LogP contribution in [0.5, 0.6) is 0 Å². The van der Waals surface area contributed by atoms with Crippen molar-refractivity contribution in [2.75, 3.05) is 0 Å². The van der Waals surface area contributed by atoms with E-state index in [2.05, 4.69) is 20.3 Å². The molecule has 6 nitrogen and oxygen atoms in total. The Morgan fingerprint density at radius 2 is 2.08 bits per heavy atom. The van der Waals surface area contributed by atoms with Crippen LogP contribution in [0, 0.1) is 5.92 Å². The quantitative estimate of drug-likeness (QED) is 0.931. The smallest absolute Gasteiger partial charge is 0.289 e. The highest BCUT2D eigenvalue weighted by atomic mass is 19.3. The number of nitrogens with one attached hydrogen (secondary N) is 1. The van der Waals surface area contributed by atoms with Crippen LogP contribution in [0.2, 0.25) is 0 Å². The highest BCUT2D eigenvalue weighted by Crippen LogP contribution is 2.29. The number of rotatable bonds is 4. The molecular formula is C16H19F2N5O. The van der Waals surface area contributed by atoms with Gasteiger partial charge in [-0.15, -0.1) is 0 Å². The molecule has 2 heterocycles. The monoisotopic (exact) mass is 335 g/mol. The molecule has 0 aromatic carbocycles. The summed E-state index contributed by atoms with van der Waals surface area (Å²) in [5.41, 5.74) is 1.39. The fourth-order valence-electron chi connectivity index (χ4n) is 2.98. The lowest BCUT2D eigenvalue weighted by molar-refractivity contribution is 0.0498. The summed E-state index contributed by atoms with van der Waals surface area (Å²) in [4.78, 5) is 24.7. The van der Waals surface area contributed by atoms with Crippen LogP contribution >= 0.6 is 0 Å². The summed E-state index contributed by atoms with van der Waals surface area (Å²) in [6, 6.07) is 1.61. The zero-order valence-corrected chi connectivity index (χ0v) is 13.3. The number of aryl methyl sites for hydroxylation is 1. The first-order valence-electron chi connectivity index (χ1n) is 7.93. The fourth-order valence-corrected chi connectivity index (χ4v) is 2.98. The molecular weight excluding hydrogens is 316 g/mol. The minimum Gasteiger partial charge on any atom is -0.347 e. The van der Waals surface area contributed by atoms with Gasteiger partial charge >= 0.3 is 0 Å². The lowest BCUT2D eigenvalue weighted by atomic mass is 9.86. The van der Waals surface area contributed by atoms with Crippen molar-refractivity contribution < 1.29 is 13.6 Å². The molecule has 1 saturated carbocycles. The fraction of sp³-hybridized carbons (Fsp3) is 0.500. The van der Waals surface area contributed by atoms with E-state index in [1.807, 2.05) is 7.05 Å². The van der Waals surface area contributed by atoms with Gasteiger partial charge in [-0.05, 0) is 31.7 Å². The number of nitrogens with zero attached hydrogens (tertiary/aromatic N) is 4. The molecule has 0 spiro atoms. The first-order valence-corrected chi connectivity index (χ1v) is 7.93. The van der Waals surface area contributed by atoms with Gasteiger partial charge in [0.05, 0.1) is 23.9 Å². The van der Waals surface area contributed by atoms with Crippen molar-refractivity contribution >= 4 is 5.91 Å². The van der Waals surface area contributed by atoms with E-state index in [0.717, 1.165) is 5.69 Å². The number of amides is 1. The standard InChI is InChI=1S/C16H19F2N5O/c1-23-9-19-8-13(23)12-6-7-20-15(22-12)16(24)21-11-4-2-10(3-5-11)14(17)18/h6-11,14H,2-5H2,1H3,(H,21,24)/t10-,11-. The third kappa shape index (κ3) is 3.58. The minimum atomic E-state index is -2.28. The maximum absolute atomic E-state index is 12.7. The lowest BCUT2D eigenvalue weighted by Crippen LogP contribution is -2.39. The molecule has 0 saturated heterocycles. The summed E-state index contributed by atoms with van der Waals surface area (Å²) in [5.74, 6) is -0.855. The van der Waals surface area contributed by atoms with Crippen molar-refractivity contribution in [3.8, 4) is 11.4 Å². The van der Waals surface area contributed by atoms with Gasteiger partial charge in [-0.3, -0.25) is 4.79 Å². The van der Waals surface area contributed by atoms with Crippen LogP contribution in [-0.4, -0.2) is 37.9 Å². The Labute approximate surface area is 138 Å². The number of carbonyl (C=O) groups excluding carboxylic acids is 1. The van der Waals surface area contributed by atoms with Gasteiger partial charge < -0.3 is 9.88 Å². The SMILES string of the molecule is Cn1cncc1-c1ccnc(C(=O)N[C@H]2CC[C@H](C(F)F)CC2)n1. The van der Waals surface area contributed by atoms with Gasteiger partial charge in [-0.1, -0.05) is 0 Å². The molecule has 0 bridgehead atoms. The molecule has 1 aliphatic rings. The average Bonchev–Trinajstić information content (AvgIpc) is 3.01. The van der Waals surface area contributed by atoms with E-state index in [1.165, 1.54) is 6.20 Å². The molecule has 1 amide bonds. The number of aromatic nitrogens is 4. The Morgan fingerprint density at radius 1 is 1.33 bits per heavy atom. The van der Waals surface area contributed by atoms with Gasteiger partial charge in [0.2, 0.25) is 12.2 Å². The van der Waals surface area contributed by atoms with Gasteiger partial charge in [0.25, 0.3) is 5.91 Å². The number of hydrogen-bond acceptors (Lipinski definition) is 4. The van der Waals surface area contributed by atoms with E-state index < -0.39 is 12.3 Å². The van der Waals surface area contributed by atoms with Gasteiger partial charge in [-0.2, -0.15) is 0 Å². The average molecular weight is 335 g/mol.